The third-order valence-electron chi connectivity index (χ3n) is 6.01. The second-order valence-electron chi connectivity index (χ2n) is 8.29. The minimum absolute atomic E-state index is 0.576. The molecule has 1 heterocycles. The van der Waals surface area contributed by atoms with Crippen molar-refractivity contribution < 1.29 is 9.47 Å². The largest absolute Gasteiger partial charge is 0.381 e. The first-order valence-electron chi connectivity index (χ1n) is 11.0. The van der Waals surface area contributed by atoms with Gasteiger partial charge < -0.3 is 25.0 Å². The van der Waals surface area contributed by atoms with E-state index in [-0.39, 0.29) is 0 Å². The van der Waals surface area contributed by atoms with E-state index in [0.717, 1.165) is 70.7 Å². The van der Waals surface area contributed by atoms with Gasteiger partial charge in [0.05, 0.1) is 0 Å². The molecule has 1 saturated heterocycles. The van der Waals surface area contributed by atoms with Crippen molar-refractivity contribution in [2.45, 2.75) is 57.4 Å². The Morgan fingerprint density at radius 1 is 1.11 bits per heavy atom. The zero-order valence-electron chi connectivity index (χ0n) is 17.8. The summed E-state index contributed by atoms with van der Waals surface area (Å²) < 4.78 is 11.2. The summed E-state index contributed by atoms with van der Waals surface area (Å²) in [7, 11) is 6.25. The van der Waals surface area contributed by atoms with Crippen LogP contribution in [0.4, 0.5) is 0 Å². The van der Waals surface area contributed by atoms with Gasteiger partial charge >= 0.3 is 0 Å². The topological polar surface area (TPSA) is 58.1 Å². The standard InChI is InChI=1S/C21H42N4O2/c1-22-21(23-12-7-13-27-17-18-10-14-26-15-11-18)24-16-20(25(2)3)19-8-5-4-6-9-19/h18-20H,4-17H2,1-3H3,(H2,22,23,24). The van der Waals surface area contributed by atoms with Crippen LogP contribution in [0, 0.1) is 11.8 Å². The van der Waals surface area contributed by atoms with Crippen LogP contribution in [0.5, 0.6) is 0 Å². The molecule has 0 radical (unpaired) electrons. The fraction of sp³-hybridized carbons (Fsp3) is 0.952. The first-order valence-corrected chi connectivity index (χ1v) is 11.0. The molecule has 0 aromatic heterocycles. The van der Waals surface area contributed by atoms with Crippen molar-refractivity contribution in [2.24, 2.45) is 16.8 Å². The zero-order chi connectivity index (χ0) is 19.3. The molecule has 6 nitrogen and oxygen atoms in total. The van der Waals surface area contributed by atoms with Crippen molar-refractivity contribution in [3.63, 3.8) is 0 Å². The van der Waals surface area contributed by atoms with Gasteiger partial charge in [0.15, 0.2) is 5.96 Å². The van der Waals surface area contributed by atoms with Crippen LogP contribution in [0.3, 0.4) is 0 Å². The van der Waals surface area contributed by atoms with Gasteiger partial charge in [-0.15, -0.1) is 0 Å². The maximum Gasteiger partial charge on any atom is 0.191 e. The summed E-state index contributed by atoms with van der Waals surface area (Å²) in [6, 6.07) is 0.576. The summed E-state index contributed by atoms with van der Waals surface area (Å²) in [4.78, 5) is 6.75. The summed E-state index contributed by atoms with van der Waals surface area (Å²) in [5.41, 5.74) is 0. The number of hydrogen-bond donors (Lipinski definition) is 2. The van der Waals surface area contributed by atoms with Gasteiger partial charge in [0.1, 0.15) is 0 Å². The van der Waals surface area contributed by atoms with Crippen LogP contribution >= 0.6 is 0 Å². The van der Waals surface area contributed by atoms with Gasteiger partial charge in [-0.2, -0.15) is 0 Å². The van der Waals surface area contributed by atoms with Gasteiger partial charge in [0, 0.05) is 52.6 Å². The molecule has 158 valence electrons. The van der Waals surface area contributed by atoms with Crippen molar-refractivity contribution in [3.8, 4) is 0 Å². The lowest BCUT2D eigenvalue weighted by atomic mass is 9.83. The lowest BCUT2D eigenvalue weighted by Crippen LogP contribution is -2.48. The van der Waals surface area contributed by atoms with E-state index in [9.17, 15) is 0 Å². The summed E-state index contributed by atoms with van der Waals surface area (Å²) in [6.07, 6.45) is 10.2. The number of guanidine groups is 1. The zero-order valence-corrected chi connectivity index (χ0v) is 17.8. The Morgan fingerprint density at radius 2 is 1.85 bits per heavy atom. The Hall–Kier alpha value is -0.850. The lowest BCUT2D eigenvalue weighted by Gasteiger charge is -2.35. The van der Waals surface area contributed by atoms with E-state index in [4.69, 9.17) is 9.47 Å². The Bertz CT molecular complexity index is 405. The fourth-order valence-corrected chi connectivity index (χ4v) is 4.26. The SMILES string of the molecule is CN=C(NCCCOCC1CCOCC1)NCC(C1CCCCC1)N(C)C. The Kier molecular flexibility index (Phi) is 11.1. The number of nitrogens with zero attached hydrogens (tertiary/aromatic N) is 2. The fourth-order valence-electron chi connectivity index (χ4n) is 4.26. The van der Waals surface area contributed by atoms with E-state index in [1.165, 1.54) is 32.1 Å². The quantitative estimate of drug-likeness (QED) is 0.345. The average molecular weight is 383 g/mol. The molecule has 1 aliphatic heterocycles. The first kappa shape index (κ1) is 22.4. The van der Waals surface area contributed by atoms with E-state index in [2.05, 4.69) is 34.6 Å². The second kappa shape index (κ2) is 13.3. The molecule has 27 heavy (non-hydrogen) atoms. The van der Waals surface area contributed by atoms with Crippen molar-refractivity contribution in [2.75, 3.05) is 60.7 Å². The Morgan fingerprint density at radius 3 is 2.52 bits per heavy atom. The monoisotopic (exact) mass is 382 g/mol. The molecule has 1 atom stereocenters. The van der Waals surface area contributed by atoms with Crippen molar-refractivity contribution in [1.29, 1.82) is 0 Å². The predicted octanol–water partition coefficient (Wildman–Crippen LogP) is 2.50. The van der Waals surface area contributed by atoms with E-state index in [0.29, 0.717) is 12.0 Å². The molecule has 0 spiro atoms. The first-order chi connectivity index (χ1) is 13.2. The highest BCUT2D eigenvalue weighted by atomic mass is 16.5. The molecule has 1 unspecified atom stereocenters. The van der Waals surface area contributed by atoms with Gasteiger partial charge in [-0.3, -0.25) is 4.99 Å². The van der Waals surface area contributed by atoms with Gasteiger partial charge in [-0.25, -0.2) is 0 Å². The summed E-state index contributed by atoms with van der Waals surface area (Å²) in [5, 5.41) is 6.96. The summed E-state index contributed by atoms with van der Waals surface area (Å²) in [6.45, 7) is 5.33. The number of aliphatic imine (C=N–C) groups is 1. The smallest absolute Gasteiger partial charge is 0.191 e. The van der Waals surface area contributed by atoms with Crippen LogP contribution in [0.15, 0.2) is 4.99 Å². The van der Waals surface area contributed by atoms with Gasteiger partial charge in [0.2, 0.25) is 0 Å². The highest BCUT2D eigenvalue weighted by Crippen LogP contribution is 2.28. The minimum Gasteiger partial charge on any atom is -0.381 e. The Labute approximate surface area is 166 Å². The van der Waals surface area contributed by atoms with E-state index in [1.54, 1.807) is 0 Å². The Balaban J connectivity index is 1.57. The van der Waals surface area contributed by atoms with Crippen LogP contribution in [-0.2, 0) is 9.47 Å². The van der Waals surface area contributed by atoms with Crippen molar-refractivity contribution in [1.82, 2.24) is 15.5 Å². The van der Waals surface area contributed by atoms with Gasteiger partial charge in [-0.05, 0) is 58.0 Å². The maximum absolute atomic E-state index is 5.84. The molecule has 1 saturated carbocycles. The number of nitrogens with one attached hydrogen (secondary N) is 2. The molecule has 1 aliphatic carbocycles. The van der Waals surface area contributed by atoms with E-state index < -0.39 is 0 Å². The molecule has 0 amide bonds. The number of hydrogen-bond acceptors (Lipinski definition) is 4. The lowest BCUT2D eigenvalue weighted by molar-refractivity contribution is 0.0203. The predicted molar refractivity (Wildman–Crippen MR) is 112 cm³/mol. The molecule has 2 rings (SSSR count). The number of ether oxygens (including phenoxy) is 2. The van der Waals surface area contributed by atoms with Crippen molar-refractivity contribution >= 4 is 5.96 Å². The normalized spacial score (nSPS) is 21.4. The van der Waals surface area contributed by atoms with Crippen LogP contribution in [0.25, 0.3) is 0 Å². The molecule has 0 bridgehead atoms. The second-order valence-corrected chi connectivity index (χ2v) is 8.29. The molecule has 0 aromatic rings. The number of rotatable bonds is 10. The summed E-state index contributed by atoms with van der Waals surface area (Å²) >= 11 is 0. The van der Waals surface area contributed by atoms with Crippen molar-refractivity contribution in [3.05, 3.63) is 0 Å². The van der Waals surface area contributed by atoms with E-state index in [1.807, 2.05) is 7.05 Å². The maximum atomic E-state index is 5.84. The highest BCUT2D eigenvalue weighted by molar-refractivity contribution is 5.79. The molecule has 2 fully saturated rings. The van der Waals surface area contributed by atoms with Crippen LogP contribution in [-0.4, -0.2) is 77.6 Å². The van der Waals surface area contributed by atoms with Crippen LogP contribution in [0.1, 0.15) is 51.4 Å². The molecular weight excluding hydrogens is 340 g/mol. The third-order valence-corrected chi connectivity index (χ3v) is 6.01. The molecule has 6 heteroatoms. The van der Waals surface area contributed by atoms with Crippen LogP contribution < -0.4 is 10.6 Å². The minimum atomic E-state index is 0.576. The molecule has 2 aliphatic rings. The highest BCUT2D eigenvalue weighted by Gasteiger charge is 2.25. The molecule has 0 aromatic carbocycles. The molecular formula is C21H42N4O2. The third kappa shape index (κ3) is 8.79. The molecule has 2 N–H and O–H groups in total. The summed E-state index contributed by atoms with van der Waals surface area (Å²) in [5.74, 6) is 2.39. The van der Waals surface area contributed by atoms with Gasteiger partial charge in [-0.1, -0.05) is 19.3 Å². The average Bonchev–Trinajstić information content (AvgIpc) is 2.70. The number of likely N-dealkylation sites (N-methyl/N-ethyl adjacent to an activating group) is 1. The van der Waals surface area contributed by atoms with Gasteiger partial charge in [0.25, 0.3) is 0 Å². The van der Waals surface area contributed by atoms with E-state index >= 15 is 0 Å². The van der Waals surface area contributed by atoms with Crippen LogP contribution in [0.2, 0.25) is 0 Å².